The number of carbonyl (C=O) groups excluding carboxylic acids is 2. The van der Waals surface area contributed by atoms with E-state index in [1.54, 1.807) is 37.3 Å². The lowest BCUT2D eigenvalue weighted by molar-refractivity contribution is -0.141. The second-order valence-electron chi connectivity index (χ2n) is 8.69. The van der Waals surface area contributed by atoms with E-state index in [-0.39, 0.29) is 43.6 Å². The first-order valence-corrected chi connectivity index (χ1v) is 14.3. The maximum atomic E-state index is 13.4. The molecule has 1 unspecified atom stereocenters. The van der Waals surface area contributed by atoms with E-state index in [1.165, 1.54) is 21.3 Å². The van der Waals surface area contributed by atoms with E-state index in [2.05, 4.69) is 5.32 Å². The largest absolute Gasteiger partial charge is 0.354 e. The summed E-state index contributed by atoms with van der Waals surface area (Å²) in [5.41, 5.74) is 1.79. The van der Waals surface area contributed by atoms with E-state index < -0.39 is 16.1 Å². The van der Waals surface area contributed by atoms with Crippen LogP contribution in [0.3, 0.4) is 0 Å². The number of anilines is 1. The van der Waals surface area contributed by atoms with Gasteiger partial charge in [0.2, 0.25) is 21.8 Å². The van der Waals surface area contributed by atoms with Gasteiger partial charge in [0.05, 0.1) is 11.9 Å². The van der Waals surface area contributed by atoms with Crippen molar-refractivity contribution < 1.29 is 22.4 Å². The molecule has 2 rings (SSSR count). The highest BCUT2D eigenvalue weighted by atomic mass is 35.5. The highest BCUT2D eigenvalue weighted by Gasteiger charge is 2.29. The molecule has 0 aliphatic carbocycles. The van der Waals surface area contributed by atoms with E-state index in [9.17, 15) is 22.4 Å². The van der Waals surface area contributed by atoms with Gasteiger partial charge in [-0.2, -0.15) is 0 Å². The van der Waals surface area contributed by atoms with Crippen molar-refractivity contribution in [1.82, 2.24) is 10.2 Å². The Bertz CT molecular complexity index is 1140. The standard InChI is InChI=1S/C26H35ClFN3O4S/c1-5-16-29-26(33)23(6-2)30(18-20-12-14-21(28)15-13-20)25(32)11-8-17-31(36(4,34)35)24-10-7-9-22(27)19(24)3/h7,9-10,12-15,23H,5-6,8,11,16-18H2,1-4H3,(H,29,33). The lowest BCUT2D eigenvalue weighted by Crippen LogP contribution is -2.49. The molecule has 0 heterocycles. The minimum atomic E-state index is -3.62. The number of nitrogens with zero attached hydrogens (tertiary/aromatic N) is 2. The molecule has 0 aliphatic heterocycles. The fourth-order valence-corrected chi connectivity index (χ4v) is 5.11. The molecule has 0 fully saturated rings. The monoisotopic (exact) mass is 539 g/mol. The van der Waals surface area contributed by atoms with Crippen LogP contribution in [0.1, 0.15) is 50.7 Å². The van der Waals surface area contributed by atoms with Crippen molar-refractivity contribution >= 4 is 39.1 Å². The molecular formula is C26H35ClFN3O4S. The van der Waals surface area contributed by atoms with Gasteiger partial charge in [0.25, 0.3) is 0 Å². The highest BCUT2D eigenvalue weighted by molar-refractivity contribution is 7.92. The molecule has 2 aromatic carbocycles. The summed E-state index contributed by atoms with van der Waals surface area (Å²) in [6, 6.07) is 10.1. The molecule has 0 bridgehead atoms. The van der Waals surface area contributed by atoms with Gasteiger partial charge in [-0.25, -0.2) is 12.8 Å². The number of carbonyl (C=O) groups is 2. The Morgan fingerprint density at radius 3 is 2.36 bits per heavy atom. The zero-order valence-corrected chi connectivity index (χ0v) is 22.8. The zero-order chi connectivity index (χ0) is 26.9. The molecule has 0 aliphatic rings. The zero-order valence-electron chi connectivity index (χ0n) is 21.3. The van der Waals surface area contributed by atoms with Crippen molar-refractivity contribution in [2.45, 2.75) is 59.0 Å². The fraction of sp³-hybridized carbons (Fsp3) is 0.462. The summed E-state index contributed by atoms with van der Waals surface area (Å²) in [6.07, 6.45) is 2.55. The van der Waals surface area contributed by atoms with E-state index >= 15 is 0 Å². The van der Waals surface area contributed by atoms with Crippen molar-refractivity contribution in [3.8, 4) is 0 Å². The number of rotatable bonds is 13. The van der Waals surface area contributed by atoms with Crippen LogP contribution in [0.2, 0.25) is 5.02 Å². The lowest BCUT2D eigenvalue weighted by Gasteiger charge is -2.31. The number of hydrogen-bond donors (Lipinski definition) is 1. The molecular weight excluding hydrogens is 505 g/mol. The van der Waals surface area contributed by atoms with Crippen molar-refractivity contribution in [3.05, 3.63) is 64.4 Å². The second kappa shape index (κ2) is 13.6. The van der Waals surface area contributed by atoms with Crippen LogP contribution >= 0.6 is 11.6 Å². The van der Waals surface area contributed by atoms with E-state index in [0.29, 0.717) is 34.8 Å². The normalized spacial score (nSPS) is 12.2. The summed E-state index contributed by atoms with van der Waals surface area (Å²) in [5, 5.41) is 3.30. The van der Waals surface area contributed by atoms with Gasteiger partial charge < -0.3 is 10.2 Å². The molecule has 198 valence electrons. The predicted octanol–water partition coefficient (Wildman–Crippen LogP) is 4.67. The molecule has 10 heteroatoms. The van der Waals surface area contributed by atoms with E-state index in [0.717, 1.165) is 12.7 Å². The van der Waals surface area contributed by atoms with Gasteiger partial charge >= 0.3 is 0 Å². The Labute approximate surface area is 218 Å². The predicted molar refractivity (Wildman–Crippen MR) is 142 cm³/mol. The maximum absolute atomic E-state index is 13.4. The molecule has 2 amide bonds. The van der Waals surface area contributed by atoms with E-state index in [1.807, 2.05) is 13.8 Å². The van der Waals surface area contributed by atoms with Crippen LogP contribution in [0, 0.1) is 12.7 Å². The van der Waals surface area contributed by atoms with Gasteiger partial charge in [-0.15, -0.1) is 0 Å². The molecule has 36 heavy (non-hydrogen) atoms. The first-order valence-electron chi connectivity index (χ1n) is 12.0. The topological polar surface area (TPSA) is 86.8 Å². The average Bonchev–Trinajstić information content (AvgIpc) is 2.82. The van der Waals surface area contributed by atoms with Crippen LogP contribution in [-0.2, 0) is 26.2 Å². The number of benzene rings is 2. The van der Waals surface area contributed by atoms with Crippen LogP contribution in [0.5, 0.6) is 0 Å². The average molecular weight is 540 g/mol. The quantitative estimate of drug-likeness (QED) is 0.401. The number of hydrogen-bond acceptors (Lipinski definition) is 4. The first kappa shape index (κ1) is 29.6. The Kier molecular flexibility index (Phi) is 11.2. The third kappa shape index (κ3) is 8.20. The van der Waals surface area contributed by atoms with Gasteiger partial charge in [0.1, 0.15) is 11.9 Å². The molecule has 1 atom stereocenters. The number of amides is 2. The summed E-state index contributed by atoms with van der Waals surface area (Å²) >= 11 is 6.19. The number of nitrogens with one attached hydrogen (secondary N) is 1. The minimum absolute atomic E-state index is 0.0321. The maximum Gasteiger partial charge on any atom is 0.242 e. The molecule has 0 aromatic heterocycles. The molecule has 0 radical (unpaired) electrons. The van der Waals surface area contributed by atoms with Crippen molar-refractivity contribution in [2.75, 3.05) is 23.7 Å². The smallest absolute Gasteiger partial charge is 0.242 e. The van der Waals surface area contributed by atoms with Crippen LogP contribution in [0.4, 0.5) is 10.1 Å². The lowest BCUT2D eigenvalue weighted by atomic mass is 10.1. The van der Waals surface area contributed by atoms with Crippen LogP contribution in [0.25, 0.3) is 0 Å². The van der Waals surface area contributed by atoms with Crippen molar-refractivity contribution in [1.29, 1.82) is 0 Å². The molecule has 2 aromatic rings. The molecule has 0 saturated carbocycles. The molecule has 7 nitrogen and oxygen atoms in total. The summed E-state index contributed by atoms with van der Waals surface area (Å²) in [7, 11) is -3.62. The number of halogens is 2. The Balaban J connectivity index is 2.23. The summed E-state index contributed by atoms with van der Waals surface area (Å²) in [6.45, 7) is 6.23. The van der Waals surface area contributed by atoms with Crippen LogP contribution in [-0.4, -0.2) is 50.5 Å². The highest BCUT2D eigenvalue weighted by Crippen LogP contribution is 2.28. The molecule has 1 N–H and O–H groups in total. The van der Waals surface area contributed by atoms with Gasteiger partial charge in [0.15, 0.2) is 0 Å². The fourth-order valence-electron chi connectivity index (χ4n) is 3.92. The Morgan fingerprint density at radius 2 is 1.78 bits per heavy atom. The third-order valence-electron chi connectivity index (χ3n) is 5.86. The number of sulfonamides is 1. The Hall–Kier alpha value is -2.65. The van der Waals surface area contributed by atoms with E-state index in [4.69, 9.17) is 11.6 Å². The van der Waals surface area contributed by atoms with Gasteiger partial charge in [0, 0.05) is 31.1 Å². The van der Waals surface area contributed by atoms with Crippen LogP contribution in [0.15, 0.2) is 42.5 Å². The third-order valence-corrected chi connectivity index (χ3v) is 7.45. The van der Waals surface area contributed by atoms with Gasteiger partial charge in [-0.1, -0.05) is 43.6 Å². The second-order valence-corrected chi connectivity index (χ2v) is 11.0. The van der Waals surface area contributed by atoms with Gasteiger partial charge in [-0.05, 0) is 61.6 Å². The minimum Gasteiger partial charge on any atom is -0.354 e. The van der Waals surface area contributed by atoms with Crippen molar-refractivity contribution in [3.63, 3.8) is 0 Å². The first-order chi connectivity index (χ1) is 17.0. The van der Waals surface area contributed by atoms with Crippen molar-refractivity contribution in [2.24, 2.45) is 0 Å². The summed E-state index contributed by atoms with van der Waals surface area (Å²) in [4.78, 5) is 27.7. The Morgan fingerprint density at radius 1 is 1.11 bits per heavy atom. The van der Waals surface area contributed by atoms with Gasteiger partial charge in [-0.3, -0.25) is 13.9 Å². The molecule has 0 saturated heterocycles. The summed E-state index contributed by atoms with van der Waals surface area (Å²) < 4.78 is 39.7. The molecule has 0 spiro atoms. The van der Waals surface area contributed by atoms with Crippen LogP contribution < -0.4 is 9.62 Å². The summed E-state index contributed by atoms with van der Waals surface area (Å²) in [5.74, 6) is -0.919. The SMILES string of the molecule is CCCNC(=O)C(CC)N(Cc1ccc(F)cc1)C(=O)CCCN(c1cccc(Cl)c1C)S(C)(=O)=O.